The Morgan fingerprint density at radius 3 is 2.38 bits per heavy atom. The summed E-state index contributed by atoms with van der Waals surface area (Å²) in [7, 11) is 0. The van der Waals surface area contributed by atoms with Crippen LogP contribution in [0.15, 0.2) is 60.7 Å². The van der Waals surface area contributed by atoms with Crippen molar-refractivity contribution >= 4 is 29.3 Å². The van der Waals surface area contributed by atoms with Gasteiger partial charge in [-0.05, 0) is 29.8 Å². The summed E-state index contributed by atoms with van der Waals surface area (Å²) in [4.78, 5) is 12.8. The first-order valence-electron chi connectivity index (χ1n) is 6.59. The first-order chi connectivity index (χ1) is 10.1. The Morgan fingerprint density at radius 2 is 1.76 bits per heavy atom. The van der Waals surface area contributed by atoms with E-state index in [-0.39, 0.29) is 6.54 Å². The van der Waals surface area contributed by atoms with Crippen LogP contribution in [-0.2, 0) is 4.79 Å². The number of halogens is 1. The molecule has 0 unspecified atom stereocenters. The van der Waals surface area contributed by atoms with E-state index in [9.17, 15) is 4.79 Å². The predicted molar refractivity (Wildman–Crippen MR) is 86.8 cm³/mol. The summed E-state index contributed by atoms with van der Waals surface area (Å²) in [6.07, 6.45) is 3.93. The van der Waals surface area contributed by atoms with Crippen molar-refractivity contribution in [3.63, 3.8) is 0 Å². The SMILES string of the molecule is O=C(O)CN(C/C=C/c1ccccc1)c1ccc(Cl)cc1. The molecule has 3 nitrogen and oxygen atoms in total. The van der Waals surface area contributed by atoms with E-state index in [0.717, 1.165) is 11.3 Å². The van der Waals surface area contributed by atoms with Gasteiger partial charge in [0.05, 0.1) is 0 Å². The van der Waals surface area contributed by atoms with Crippen LogP contribution in [-0.4, -0.2) is 24.2 Å². The zero-order valence-corrected chi connectivity index (χ0v) is 12.2. The third-order valence-corrected chi connectivity index (χ3v) is 3.21. The van der Waals surface area contributed by atoms with Gasteiger partial charge in [-0.2, -0.15) is 0 Å². The topological polar surface area (TPSA) is 40.5 Å². The highest BCUT2D eigenvalue weighted by molar-refractivity contribution is 6.30. The Kier molecular flexibility index (Phi) is 5.41. The van der Waals surface area contributed by atoms with Crippen LogP contribution < -0.4 is 4.90 Å². The van der Waals surface area contributed by atoms with E-state index in [0.29, 0.717) is 11.6 Å². The summed E-state index contributed by atoms with van der Waals surface area (Å²) in [5.74, 6) is -0.863. The number of hydrogen-bond acceptors (Lipinski definition) is 2. The molecule has 1 N–H and O–H groups in total. The Bertz CT molecular complexity index is 608. The van der Waals surface area contributed by atoms with Crippen molar-refractivity contribution in [2.24, 2.45) is 0 Å². The molecule has 2 rings (SSSR count). The van der Waals surface area contributed by atoms with Crippen LogP contribution in [0.4, 0.5) is 5.69 Å². The van der Waals surface area contributed by atoms with Crippen LogP contribution >= 0.6 is 11.6 Å². The average molecular weight is 302 g/mol. The van der Waals surface area contributed by atoms with Crippen molar-refractivity contribution in [1.82, 2.24) is 0 Å². The number of carbonyl (C=O) groups is 1. The largest absolute Gasteiger partial charge is 0.480 e. The van der Waals surface area contributed by atoms with Crippen molar-refractivity contribution in [3.8, 4) is 0 Å². The van der Waals surface area contributed by atoms with E-state index in [1.807, 2.05) is 54.6 Å². The van der Waals surface area contributed by atoms with E-state index in [4.69, 9.17) is 16.7 Å². The molecule has 0 aromatic heterocycles. The van der Waals surface area contributed by atoms with Gasteiger partial charge in [0, 0.05) is 17.3 Å². The molecule has 0 radical (unpaired) electrons. The third kappa shape index (κ3) is 4.97. The number of nitrogens with zero attached hydrogens (tertiary/aromatic N) is 1. The Hall–Kier alpha value is -2.26. The molecule has 4 heteroatoms. The summed E-state index contributed by atoms with van der Waals surface area (Å²) >= 11 is 5.86. The number of hydrogen-bond donors (Lipinski definition) is 1. The van der Waals surface area contributed by atoms with Crippen molar-refractivity contribution in [3.05, 3.63) is 71.3 Å². The van der Waals surface area contributed by atoms with Crippen LogP contribution in [0.2, 0.25) is 5.02 Å². The normalized spacial score (nSPS) is 10.7. The van der Waals surface area contributed by atoms with E-state index in [1.165, 1.54) is 0 Å². The maximum absolute atomic E-state index is 11.0. The summed E-state index contributed by atoms with van der Waals surface area (Å²) in [5, 5.41) is 9.66. The molecule has 108 valence electrons. The molecule has 0 aliphatic rings. The standard InChI is InChI=1S/C17H16ClNO2/c18-15-8-10-16(11-9-15)19(13-17(20)21)12-4-7-14-5-2-1-3-6-14/h1-11H,12-13H2,(H,20,21)/b7-4+. The first kappa shape index (κ1) is 15.1. The van der Waals surface area contributed by atoms with Gasteiger partial charge in [0.15, 0.2) is 0 Å². The molecule has 2 aromatic rings. The lowest BCUT2D eigenvalue weighted by Gasteiger charge is -2.21. The predicted octanol–water partition coefficient (Wildman–Crippen LogP) is 3.94. The van der Waals surface area contributed by atoms with Gasteiger partial charge in [0.25, 0.3) is 0 Å². The van der Waals surface area contributed by atoms with Crippen molar-refractivity contribution in [2.75, 3.05) is 18.0 Å². The molecular weight excluding hydrogens is 286 g/mol. The zero-order chi connectivity index (χ0) is 15.1. The van der Waals surface area contributed by atoms with Gasteiger partial charge >= 0.3 is 5.97 Å². The molecule has 0 bridgehead atoms. The van der Waals surface area contributed by atoms with E-state index in [1.54, 1.807) is 17.0 Å². The fraction of sp³-hybridized carbons (Fsp3) is 0.118. The Morgan fingerprint density at radius 1 is 1.10 bits per heavy atom. The van der Waals surface area contributed by atoms with Gasteiger partial charge in [-0.25, -0.2) is 0 Å². The van der Waals surface area contributed by atoms with Gasteiger partial charge in [-0.3, -0.25) is 4.79 Å². The van der Waals surface area contributed by atoms with Crippen LogP contribution in [0.25, 0.3) is 6.08 Å². The van der Waals surface area contributed by atoms with Gasteiger partial charge < -0.3 is 10.0 Å². The van der Waals surface area contributed by atoms with Crippen LogP contribution in [0.5, 0.6) is 0 Å². The van der Waals surface area contributed by atoms with Crippen LogP contribution in [0.1, 0.15) is 5.56 Å². The molecule has 0 atom stereocenters. The lowest BCUT2D eigenvalue weighted by molar-refractivity contribution is -0.135. The van der Waals surface area contributed by atoms with Gasteiger partial charge in [0.1, 0.15) is 6.54 Å². The molecule has 21 heavy (non-hydrogen) atoms. The van der Waals surface area contributed by atoms with E-state index in [2.05, 4.69) is 0 Å². The molecule has 2 aromatic carbocycles. The second kappa shape index (κ2) is 7.50. The average Bonchev–Trinajstić information content (AvgIpc) is 2.48. The number of carboxylic acids is 1. The number of rotatable bonds is 6. The molecule has 0 aliphatic heterocycles. The van der Waals surface area contributed by atoms with E-state index < -0.39 is 5.97 Å². The fourth-order valence-corrected chi connectivity index (χ4v) is 2.08. The second-order valence-electron chi connectivity index (χ2n) is 4.56. The van der Waals surface area contributed by atoms with E-state index >= 15 is 0 Å². The number of anilines is 1. The minimum atomic E-state index is -0.863. The number of benzene rings is 2. The molecule has 0 saturated carbocycles. The molecule has 0 heterocycles. The summed E-state index contributed by atoms with van der Waals surface area (Å²) in [6.45, 7) is 0.462. The molecule has 0 aliphatic carbocycles. The lowest BCUT2D eigenvalue weighted by atomic mass is 10.2. The molecule has 0 amide bonds. The first-order valence-corrected chi connectivity index (χ1v) is 6.97. The van der Waals surface area contributed by atoms with Gasteiger partial charge in [-0.15, -0.1) is 0 Å². The molecule has 0 saturated heterocycles. The Balaban J connectivity index is 2.08. The number of aliphatic carboxylic acids is 1. The maximum atomic E-state index is 11.0. The molecular formula is C17H16ClNO2. The monoisotopic (exact) mass is 301 g/mol. The van der Waals surface area contributed by atoms with Gasteiger partial charge in [-0.1, -0.05) is 54.1 Å². The number of carboxylic acid groups (broad SMARTS) is 1. The minimum absolute atomic E-state index is 0.0548. The lowest BCUT2D eigenvalue weighted by Crippen LogP contribution is -2.29. The minimum Gasteiger partial charge on any atom is -0.480 e. The maximum Gasteiger partial charge on any atom is 0.323 e. The Labute approximate surface area is 129 Å². The summed E-state index contributed by atoms with van der Waals surface area (Å²) < 4.78 is 0. The van der Waals surface area contributed by atoms with Crippen molar-refractivity contribution < 1.29 is 9.90 Å². The summed E-state index contributed by atoms with van der Waals surface area (Å²) in [5.41, 5.74) is 1.92. The highest BCUT2D eigenvalue weighted by atomic mass is 35.5. The van der Waals surface area contributed by atoms with Crippen molar-refractivity contribution in [2.45, 2.75) is 0 Å². The molecule has 0 fully saturated rings. The quantitative estimate of drug-likeness (QED) is 0.878. The highest BCUT2D eigenvalue weighted by Gasteiger charge is 2.08. The van der Waals surface area contributed by atoms with Gasteiger partial charge in [0.2, 0.25) is 0 Å². The molecule has 0 spiro atoms. The smallest absolute Gasteiger partial charge is 0.323 e. The summed E-state index contributed by atoms with van der Waals surface area (Å²) in [6, 6.07) is 17.0. The highest BCUT2D eigenvalue weighted by Crippen LogP contribution is 2.18. The van der Waals surface area contributed by atoms with Crippen molar-refractivity contribution in [1.29, 1.82) is 0 Å². The second-order valence-corrected chi connectivity index (χ2v) is 5.00. The zero-order valence-electron chi connectivity index (χ0n) is 11.4. The fourth-order valence-electron chi connectivity index (χ4n) is 1.96. The third-order valence-electron chi connectivity index (χ3n) is 2.95. The van der Waals surface area contributed by atoms with Crippen LogP contribution in [0.3, 0.4) is 0 Å². The van der Waals surface area contributed by atoms with Crippen LogP contribution in [0, 0.1) is 0 Å².